The molecule has 1 rings (SSSR count). The molecule has 1 aromatic carbocycles. The van der Waals surface area contributed by atoms with Crippen LogP contribution in [0.25, 0.3) is 0 Å². The second kappa shape index (κ2) is 11.3. The molecule has 0 bridgehead atoms. The minimum absolute atomic E-state index is 0.0282. The van der Waals surface area contributed by atoms with Crippen LogP contribution in [0.2, 0.25) is 0 Å². The van der Waals surface area contributed by atoms with Gasteiger partial charge in [0.2, 0.25) is 0 Å². The summed E-state index contributed by atoms with van der Waals surface area (Å²) in [5.41, 5.74) is 1.11. The first kappa shape index (κ1) is 20.7. The van der Waals surface area contributed by atoms with Crippen molar-refractivity contribution < 1.29 is 10.2 Å². The average Bonchev–Trinajstić information content (AvgIpc) is 2.57. The lowest BCUT2D eigenvalue weighted by atomic mass is 9.94. The summed E-state index contributed by atoms with van der Waals surface area (Å²) in [4.78, 5) is 0. The Balaban J connectivity index is 2.38. The van der Waals surface area contributed by atoms with Crippen LogP contribution >= 0.6 is 0 Å². The summed E-state index contributed by atoms with van der Waals surface area (Å²) >= 11 is 0. The zero-order valence-electron chi connectivity index (χ0n) is 15.7. The number of aromatic hydroxyl groups is 1. The topological polar surface area (TPSA) is 52.5 Å². The maximum Gasteiger partial charge on any atom is 0.115 e. The van der Waals surface area contributed by atoms with Gasteiger partial charge in [-0.2, -0.15) is 0 Å². The lowest BCUT2D eigenvalue weighted by Crippen LogP contribution is -2.39. The van der Waals surface area contributed by atoms with E-state index in [0.29, 0.717) is 5.92 Å². The lowest BCUT2D eigenvalue weighted by Gasteiger charge is -2.22. The van der Waals surface area contributed by atoms with Crippen LogP contribution in [0, 0.1) is 11.8 Å². The van der Waals surface area contributed by atoms with E-state index in [1.54, 1.807) is 12.1 Å². The Bertz CT molecular complexity index is 469. The summed E-state index contributed by atoms with van der Waals surface area (Å²) in [6, 6.07) is 7.22. The smallest absolute Gasteiger partial charge is 0.115 e. The summed E-state index contributed by atoms with van der Waals surface area (Å²) in [6.45, 7) is 6.80. The van der Waals surface area contributed by atoms with E-state index >= 15 is 0 Å². The summed E-state index contributed by atoms with van der Waals surface area (Å²) in [7, 11) is 1.89. The highest BCUT2D eigenvalue weighted by Gasteiger charge is 2.17. The SMILES string of the molecule is CC[C@@H](C)C[C@H](C)C=CCC[C@@H](O)[C@@H](Cc1ccc(O)cc1)NC. The predicted molar refractivity (Wildman–Crippen MR) is 102 cm³/mol. The number of likely N-dealkylation sites (N-methyl/N-ethyl adjacent to an activating group) is 1. The Labute approximate surface area is 147 Å². The number of nitrogens with one attached hydrogen (secondary N) is 1. The largest absolute Gasteiger partial charge is 0.508 e. The molecule has 0 heterocycles. The molecule has 0 aliphatic carbocycles. The molecule has 136 valence electrons. The summed E-state index contributed by atoms with van der Waals surface area (Å²) in [5, 5.41) is 23.0. The van der Waals surface area contributed by atoms with Gasteiger partial charge in [-0.15, -0.1) is 0 Å². The van der Waals surface area contributed by atoms with Crippen molar-refractivity contribution in [3.8, 4) is 5.75 Å². The minimum Gasteiger partial charge on any atom is -0.508 e. The average molecular weight is 334 g/mol. The van der Waals surface area contributed by atoms with Gasteiger partial charge in [0.05, 0.1) is 6.10 Å². The van der Waals surface area contributed by atoms with Crippen molar-refractivity contribution in [2.45, 2.75) is 65.0 Å². The van der Waals surface area contributed by atoms with Crippen molar-refractivity contribution in [3.63, 3.8) is 0 Å². The molecule has 0 radical (unpaired) electrons. The lowest BCUT2D eigenvalue weighted by molar-refractivity contribution is 0.122. The quantitative estimate of drug-likeness (QED) is 0.529. The fourth-order valence-corrected chi connectivity index (χ4v) is 2.99. The van der Waals surface area contributed by atoms with Gasteiger partial charge in [-0.1, -0.05) is 51.5 Å². The summed E-state index contributed by atoms with van der Waals surface area (Å²) in [5.74, 6) is 1.65. The van der Waals surface area contributed by atoms with E-state index < -0.39 is 0 Å². The number of aliphatic hydroxyl groups is 1. The predicted octanol–water partition coefficient (Wildman–Crippen LogP) is 4.29. The summed E-state index contributed by atoms with van der Waals surface area (Å²) < 4.78 is 0. The number of benzene rings is 1. The Morgan fingerprint density at radius 1 is 1.17 bits per heavy atom. The molecule has 0 saturated heterocycles. The Morgan fingerprint density at radius 3 is 2.42 bits per heavy atom. The van der Waals surface area contributed by atoms with Crippen LogP contribution in [0.1, 0.15) is 52.0 Å². The van der Waals surface area contributed by atoms with Crippen LogP contribution in [-0.4, -0.2) is 29.4 Å². The molecule has 0 fully saturated rings. The summed E-state index contributed by atoms with van der Waals surface area (Å²) in [6.07, 6.45) is 9.00. The Hall–Kier alpha value is -1.32. The molecule has 0 spiro atoms. The minimum atomic E-state index is -0.377. The van der Waals surface area contributed by atoms with Gasteiger partial charge >= 0.3 is 0 Å². The van der Waals surface area contributed by atoms with E-state index in [-0.39, 0.29) is 17.9 Å². The van der Waals surface area contributed by atoms with Gasteiger partial charge in [0.25, 0.3) is 0 Å². The molecular weight excluding hydrogens is 298 g/mol. The van der Waals surface area contributed by atoms with Crippen molar-refractivity contribution in [2.75, 3.05) is 7.05 Å². The maximum absolute atomic E-state index is 10.4. The van der Waals surface area contributed by atoms with Gasteiger partial charge in [-0.25, -0.2) is 0 Å². The van der Waals surface area contributed by atoms with E-state index in [4.69, 9.17) is 0 Å². The zero-order valence-corrected chi connectivity index (χ0v) is 15.7. The number of hydrogen-bond donors (Lipinski definition) is 3. The second-order valence-electron chi connectivity index (χ2n) is 7.06. The fraction of sp³-hybridized carbons (Fsp3) is 0.619. The fourth-order valence-electron chi connectivity index (χ4n) is 2.99. The van der Waals surface area contributed by atoms with Crippen LogP contribution in [0.5, 0.6) is 5.75 Å². The van der Waals surface area contributed by atoms with Gasteiger partial charge in [0.15, 0.2) is 0 Å². The molecule has 0 saturated carbocycles. The van der Waals surface area contributed by atoms with Crippen molar-refractivity contribution in [2.24, 2.45) is 11.8 Å². The second-order valence-corrected chi connectivity index (χ2v) is 7.06. The first-order valence-corrected chi connectivity index (χ1v) is 9.26. The van der Waals surface area contributed by atoms with Crippen LogP contribution < -0.4 is 5.32 Å². The van der Waals surface area contributed by atoms with Crippen molar-refractivity contribution >= 4 is 0 Å². The van der Waals surface area contributed by atoms with Crippen LogP contribution in [0.4, 0.5) is 0 Å². The van der Waals surface area contributed by atoms with Crippen LogP contribution in [-0.2, 0) is 6.42 Å². The van der Waals surface area contributed by atoms with E-state index in [2.05, 4.69) is 38.2 Å². The molecule has 3 nitrogen and oxygen atoms in total. The molecule has 1 aromatic rings. The number of allylic oxidation sites excluding steroid dienone is 2. The van der Waals surface area contributed by atoms with Gasteiger partial charge in [0, 0.05) is 6.04 Å². The monoisotopic (exact) mass is 333 g/mol. The first-order valence-electron chi connectivity index (χ1n) is 9.26. The van der Waals surface area contributed by atoms with E-state index in [0.717, 1.165) is 30.7 Å². The van der Waals surface area contributed by atoms with Gasteiger partial charge in [0.1, 0.15) is 5.75 Å². The van der Waals surface area contributed by atoms with E-state index in [9.17, 15) is 10.2 Å². The third kappa shape index (κ3) is 7.98. The molecule has 0 aliphatic heterocycles. The Morgan fingerprint density at radius 2 is 1.83 bits per heavy atom. The molecule has 24 heavy (non-hydrogen) atoms. The van der Waals surface area contributed by atoms with Gasteiger partial charge in [-0.3, -0.25) is 0 Å². The number of phenols is 1. The molecule has 3 N–H and O–H groups in total. The maximum atomic E-state index is 10.4. The number of aliphatic hydroxyl groups excluding tert-OH is 1. The molecular formula is C21H35NO2. The molecule has 0 unspecified atom stereocenters. The molecule has 3 heteroatoms. The number of rotatable bonds is 11. The molecule has 0 amide bonds. The van der Waals surface area contributed by atoms with Crippen LogP contribution in [0.15, 0.2) is 36.4 Å². The van der Waals surface area contributed by atoms with E-state index in [1.807, 2.05) is 19.2 Å². The van der Waals surface area contributed by atoms with Gasteiger partial charge in [-0.05, 0) is 62.3 Å². The third-order valence-corrected chi connectivity index (χ3v) is 4.79. The van der Waals surface area contributed by atoms with Crippen molar-refractivity contribution in [1.82, 2.24) is 5.32 Å². The standard InChI is InChI=1S/C21H35NO2/c1-5-16(2)14-17(3)8-6-7-9-21(24)20(22-4)15-18-10-12-19(23)13-11-18/h6,8,10-13,16-17,20-24H,5,7,9,14-15H2,1-4H3/t16-,17-,20-,21-/m1/s1. The van der Waals surface area contributed by atoms with Crippen molar-refractivity contribution in [1.29, 1.82) is 0 Å². The molecule has 0 aromatic heterocycles. The molecule has 0 aliphatic rings. The van der Waals surface area contributed by atoms with E-state index in [1.165, 1.54) is 12.8 Å². The van der Waals surface area contributed by atoms with Gasteiger partial charge < -0.3 is 15.5 Å². The third-order valence-electron chi connectivity index (χ3n) is 4.79. The first-order chi connectivity index (χ1) is 11.5. The van der Waals surface area contributed by atoms with Crippen LogP contribution in [0.3, 0.4) is 0 Å². The zero-order chi connectivity index (χ0) is 17.9. The Kier molecular flexibility index (Phi) is 9.73. The highest BCUT2D eigenvalue weighted by atomic mass is 16.3. The molecule has 4 atom stereocenters. The number of hydrogen-bond acceptors (Lipinski definition) is 3. The number of phenolic OH excluding ortho intramolecular Hbond substituents is 1. The highest BCUT2D eigenvalue weighted by Crippen LogP contribution is 2.17. The highest BCUT2D eigenvalue weighted by molar-refractivity contribution is 5.26. The normalized spacial score (nSPS) is 16.9. The van der Waals surface area contributed by atoms with Crippen molar-refractivity contribution in [3.05, 3.63) is 42.0 Å².